The summed E-state index contributed by atoms with van der Waals surface area (Å²) in [5.41, 5.74) is 0. The Morgan fingerprint density at radius 3 is 2.22 bits per heavy atom. The molecule has 0 fully saturated rings. The van der Waals surface area contributed by atoms with E-state index < -0.39 is 0 Å². The number of hydrogen-bond donors (Lipinski definition) is 0. The molecule has 0 aromatic carbocycles. The molecule has 0 aromatic heterocycles. The summed E-state index contributed by atoms with van der Waals surface area (Å²) < 4.78 is 0. The fourth-order valence-corrected chi connectivity index (χ4v) is 28.8. The zero-order chi connectivity index (χ0) is 14.0. The molecule has 0 spiro atoms. The van der Waals surface area contributed by atoms with E-state index in [1.165, 1.54) is 39.4 Å². The molecule has 0 heterocycles. The van der Waals surface area contributed by atoms with Crippen molar-refractivity contribution in [3.63, 3.8) is 0 Å². The predicted octanol–water partition coefficient (Wildman–Crippen LogP) is 7.22. The molecule has 0 saturated heterocycles. The van der Waals surface area contributed by atoms with E-state index in [-0.39, 0.29) is 14.6 Å². The van der Waals surface area contributed by atoms with Crippen LogP contribution in [0.5, 0.6) is 0 Å². The molecule has 0 rings (SSSR count). The lowest BCUT2D eigenvalue weighted by Crippen LogP contribution is -1.89. The molecule has 0 aromatic rings. The molecule has 0 aliphatic rings. The lowest BCUT2D eigenvalue weighted by atomic mass is 10.6. The van der Waals surface area contributed by atoms with Crippen LogP contribution in [0.1, 0.15) is 13.3 Å². The minimum absolute atomic E-state index is 0.169. The monoisotopic (exact) mass is 434 g/mol. The van der Waals surface area contributed by atoms with Crippen molar-refractivity contribution in [2.24, 2.45) is 0 Å². The first-order valence-corrected chi connectivity index (χ1v) is 23.3. The second kappa shape index (κ2) is 14.9. The van der Waals surface area contributed by atoms with Gasteiger partial charge in [0.2, 0.25) is 0 Å². The number of hydrogen-bond acceptors (Lipinski definition) is 0. The SMILES string of the molecule is CCCP(CP(CCPCP(C)P)P(P)P)PP. The van der Waals surface area contributed by atoms with Gasteiger partial charge in [-0.3, -0.25) is 0 Å². The van der Waals surface area contributed by atoms with Gasteiger partial charge < -0.3 is 0 Å². The molecule has 18 heavy (non-hydrogen) atoms. The summed E-state index contributed by atoms with van der Waals surface area (Å²) in [7, 11) is 15.5. The van der Waals surface area contributed by atoms with Crippen LogP contribution in [0.15, 0.2) is 0 Å². The van der Waals surface area contributed by atoms with E-state index in [1.54, 1.807) is 5.90 Å². The van der Waals surface area contributed by atoms with Gasteiger partial charge in [0.15, 0.2) is 0 Å². The summed E-state index contributed by atoms with van der Waals surface area (Å²) in [6.07, 6.45) is 5.93. The fourth-order valence-electron chi connectivity index (χ4n) is 1.37. The summed E-state index contributed by atoms with van der Waals surface area (Å²) in [6, 6.07) is 0. The summed E-state index contributed by atoms with van der Waals surface area (Å²) in [5.74, 6) is 3.06. The van der Waals surface area contributed by atoms with Gasteiger partial charge in [-0.15, -0.1) is 44.3 Å². The first kappa shape index (κ1) is 22.3. The van der Waals surface area contributed by atoms with Crippen molar-refractivity contribution in [2.45, 2.75) is 13.3 Å². The Morgan fingerprint density at radius 2 is 1.78 bits per heavy atom. The molecule has 0 bridgehead atoms. The van der Waals surface area contributed by atoms with Crippen LogP contribution < -0.4 is 0 Å². The van der Waals surface area contributed by atoms with Gasteiger partial charge in [-0.25, -0.2) is 0 Å². The molecular formula is C8H28P10. The van der Waals surface area contributed by atoms with Crippen molar-refractivity contribution in [2.75, 3.05) is 37.0 Å². The largest absolute Gasteiger partial charge is 0.117 e. The molecule has 0 nitrogen and oxygen atoms in total. The lowest BCUT2D eigenvalue weighted by Gasteiger charge is -2.26. The third-order valence-corrected chi connectivity index (χ3v) is 29.1. The Balaban J connectivity index is 3.97. The van der Waals surface area contributed by atoms with Gasteiger partial charge in [0.05, 0.1) is 0 Å². The third-order valence-electron chi connectivity index (χ3n) is 2.24. The number of rotatable bonds is 11. The minimum atomic E-state index is 0.169. The van der Waals surface area contributed by atoms with E-state index in [1.807, 2.05) is 0 Å². The van der Waals surface area contributed by atoms with Gasteiger partial charge >= 0.3 is 0 Å². The van der Waals surface area contributed by atoms with E-state index >= 15 is 0 Å². The lowest BCUT2D eigenvalue weighted by molar-refractivity contribution is 1.10. The van der Waals surface area contributed by atoms with Crippen LogP contribution in [0.3, 0.4) is 0 Å². The van der Waals surface area contributed by atoms with E-state index in [2.05, 4.69) is 49.3 Å². The average Bonchev–Trinajstić information content (AvgIpc) is 2.31. The van der Waals surface area contributed by atoms with Crippen molar-refractivity contribution < 1.29 is 0 Å². The van der Waals surface area contributed by atoms with Crippen LogP contribution in [0.4, 0.5) is 0 Å². The Hall–Kier alpha value is 4.30. The van der Waals surface area contributed by atoms with E-state index in [4.69, 9.17) is 0 Å². The Labute approximate surface area is 132 Å². The van der Waals surface area contributed by atoms with Gasteiger partial charge in [-0.1, -0.05) is 44.1 Å². The van der Waals surface area contributed by atoms with Crippen molar-refractivity contribution in [1.82, 2.24) is 0 Å². The molecule has 0 aliphatic carbocycles. The van der Waals surface area contributed by atoms with Crippen LogP contribution in [-0.2, 0) is 0 Å². The summed E-state index contributed by atoms with van der Waals surface area (Å²) in [6.45, 7) is 4.89. The Morgan fingerprint density at radius 1 is 1.11 bits per heavy atom. The normalized spacial score (nSPS) is 18.2. The van der Waals surface area contributed by atoms with Crippen LogP contribution in [0, 0.1) is 0 Å². The maximum Gasteiger partial charge on any atom is -0.00363 e. The highest BCUT2D eigenvalue weighted by molar-refractivity contribution is 8.73. The molecular weight excluding hydrogens is 406 g/mol. The van der Waals surface area contributed by atoms with Crippen molar-refractivity contribution in [1.29, 1.82) is 0 Å². The highest BCUT2D eigenvalue weighted by Gasteiger charge is 2.17. The molecule has 110 valence electrons. The van der Waals surface area contributed by atoms with Crippen molar-refractivity contribution in [3.8, 4) is 0 Å². The smallest absolute Gasteiger partial charge is 0.00363 e. The summed E-state index contributed by atoms with van der Waals surface area (Å²) in [4.78, 5) is 0. The van der Waals surface area contributed by atoms with E-state index in [0.29, 0.717) is 15.2 Å². The van der Waals surface area contributed by atoms with Gasteiger partial charge in [0, 0.05) is 0 Å². The Kier molecular flexibility index (Phi) is 18.4. The molecule has 0 saturated carbocycles. The van der Waals surface area contributed by atoms with Crippen LogP contribution >= 0.6 is 82.1 Å². The molecule has 0 radical (unpaired) electrons. The molecule has 9 atom stereocenters. The van der Waals surface area contributed by atoms with Crippen LogP contribution in [0.2, 0.25) is 0 Å². The summed E-state index contributed by atoms with van der Waals surface area (Å²) in [5, 5.41) is 0. The topological polar surface area (TPSA) is 0 Å². The second-order valence-electron chi connectivity index (χ2n) is 4.06. The van der Waals surface area contributed by atoms with Crippen molar-refractivity contribution in [3.05, 3.63) is 0 Å². The van der Waals surface area contributed by atoms with Crippen LogP contribution in [0.25, 0.3) is 0 Å². The highest BCUT2D eigenvalue weighted by atomic mass is 32.7. The maximum atomic E-state index is 3.11. The van der Waals surface area contributed by atoms with Crippen LogP contribution in [-0.4, -0.2) is 37.0 Å². The van der Waals surface area contributed by atoms with Gasteiger partial charge in [-0.2, -0.15) is 0 Å². The van der Waals surface area contributed by atoms with E-state index in [0.717, 1.165) is 7.96 Å². The molecule has 0 aliphatic heterocycles. The first-order chi connectivity index (χ1) is 8.51. The molecule has 0 N–H and O–H groups in total. The van der Waals surface area contributed by atoms with Gasteiger partial charge in [-0.05, 0) is 43.9 Å². The van der Waals surface area contributed by atoms with Gasteiger partial charge in [0.1, 0.15) is 0 Å². The second-order valence-corrected chi connectivity index (χ2v) is 31.4. The van der Waals surface area contributed by atoms with Crippen molar-refractivity contribution >= 4 is 82.1 Å². The quantitative estimate of drug-likeness (QED) is 0.238. The molecule has 9 unspecified atom stereocenters. The van der Waals surface area contributed by atoms with E-state index in [9.17, 15) is 0 Å². The highest BCUT2D eigenvalue weighted by Crippen LogP contribution is 2.83. The fraction of sp³-hybridized carbons (Fsp3) is 1.00. The maximum absolute atomic E-state index is 3.11. The molecule has 10 heteroatoms. The zero-order valence-corrected chi connectivity index (χ0v) is 21.5. The third kappa shape index (κ3) is 12.8. The average molecular weight is 434 g/mol. The van der Waals surface area contributed by atoms with Gasteiger partial charge in [0.25, 0.3) is 0 Å². The minimum Gasteiger partial charge on any atom is -0.117 e. The molecule has 0 amide bonds. The Bertz CT molecular complexity index is 187. The zero-order valence-electron chi connectivity index (χ0n) is 11.3. The predicted molar refractivity (Wildman–Crippen MR) is 124 cm³/mol. The standard InChI is InChI=1S/C8H28P10/c1-3-5-16(14-9)8-17(18(11)12)6-4-13-7-15(2)10/h13-14H,3-12H2,1-2H3. The summed E-state index contributed by atoms with van der Waals surface area (Å²) >= 11 is 0. The first-order valence-electron chi connectivity index (χ1n) is 5.93.